The van der Waals surface area contributed by atoms with Crippen molar-refractivity contribution in [2.45, 2.75) is 39.9 Å². The van der Waals surface area contributed by atoms with Gasteiger partial charge < -0.3 is 15.4 Å². The first-order chi connectivity index (χ1) is 13.6. The molecule has 0 bridgehead atoms. The van der Waals surface area contributed by atoms with Crippen LogP contribution in [0.4, 0.5) is 19.0 Å². The predicted octanol–water partition coefficient (Wildman–Crippen LogP) is 3.92. The van der Waals surface area contributed by atoms with Crippen LogP contribution >= 0.6 is 0 Å². The third-order valence-corrected chi connectivity index (χ3v) is 3.89. The Kier molecular flexibility index (Phi) is 7.19. The fraction of sp³-hybridized carbons (Fsp3) is 0.350. The summed E-state index contributed by atoms with van der Waals surface area (Å²) in [5.74, 6) is -0.141. The Morgan fingerprint density at radius 2 is 1.86 bits per heavy atom. The van der Waals surface area contributed by atoms with E-state index >= 15 is 0 Å². The van der Waals surface area contributed by atoms with Crippen molar-refractivity contribution in [3.05, 3.63) is 52.7 Å². The van der Waals surface area contributed by atoms with Crippen LogP contribution in [0.15, 0.2) is 30.3 Å². The van der Waals surface area contributed by atoms with Gasteiger partial charge in [0.15, 0.2) is 6.61 Å². The molecule has 29 heavy (non-hydrogen) atoms. The van der Waals surface area contributed by atoms with E-state index in [1.54, 1.807) is 39.0 Å². The van der Waals surface area contributed by atoms with Gasteiger partial charge in [0, 0.05) is 24.2 Å². The number of nitrogens with one attached hydrogen (secondary N) is 2. The number of carbonyl (C=O) groups is 2. The van der Waals surface area contributed by atoms with Gasteiger partial charge in [0.1, 0.15) is 11.6 Å². The van der Waals surface area contributed by atoms with Crippen LogP contribution in [0.3, 0.4) is 0 Å². The van der Waals surface area contributed by atoms with Crippen LogP contribution in [0.5, 0.6) is 5.75 Å². The van der Waals surface area contributed by atoms with Gasteiger partial charge in [-0.15, -0.1) is 0 Å². The summed E-state index contributed by atoms with van der Waals surface area (Å²) in [7, 11) is 0. The average molecular weight is 409 g/mol. The molecule has 9 heteroatoms. The van der Waals surface area contributed by atoms with Crippen molar-refractivity contribution in [2.75, 3.05) is 11.9 Å². The minimum atomic E-state index is -4.41. The van der Waals surface area contributed by atoms with Crippen molar-refractivity contribution < 1.29 is 27.5 Å². The first kappa shape index (κ1) is 22.2. The van der Waals surface area contributed by atoms with Crippen LogP contribution in [-0.4, -0.2) is 29.6 Å². The van der Waals surface area contributed by atoms with Crippen molar-refractivity contribution in [3.8, 4) is 5.75 Å². The number of ether oxygens (including phenoxy) is 1. The normalized spacial score (nSPS) is 11.1. The maximum atomic E-state index is 12.4. The molecule has 0 aliphatic heterocycles. The molecule has 1 heterocycles. The number of aryl methyl sites for hydroxylation is 2. The molecule has 0 saturated carbocycles. The molecular formula is C20H22F3N3O3. The lowest BCUT2D eigenvalue weighted by Crippen LogP contribution is -2.23. The zero-order valence-corrected chi connectivity index (χ0v) is 16.3. The van der Waals surface area contributed by atoms with Crippen LogP contribution in [0.1, 0.15) is 40.5 Å². The highest BCUT2D eigenvalue weighted by Crippen LogP contribution is 2.23. The lowest BCUT2D eigenvalue weighted by Gasteiger charge is -2.13. The number of rotatable bonds is 7. The highest BCUT2D eigenvalue weighted by Gasteiger charge is 2.28. The van der Waals surface area contributed by atoms with E-state index in [-0.39, 0.29) is 24.1 Å². The molecule has 0 radical (unpaired) electrons. The number of halogens is 3. The lowest BCUT2D eigenvalue weighted by atomic mass is 10.1. The number of hydrogen-bond acceptors (Lipinski definition) is 4. The average Bonchev–Trinajstić information content (AvgIpc) is 2.64. The quantitative estimate of drug-likeness (QED) is 0.727. The van der Waals surface area contributed by atoms with Crippen molar-refractivity contribution in [1.82, 2.24) is 10.3 Å². The molecule has 0 unspecified atom stereocenters. The van der Waals surface area contributed by atoms with Crippen molar-refractivity contribution >= 4 is 17.6 Å². The number of pyridine rings is 1. The SMILES string of the molecule is CCC(=O)Nc1cc(C(=O)NCc2ccc(OCC(F)(F)F)c(C)c2)cc(C)n1. The molecular weight excluding hydrogens is 387 g/mol. The Morgan fingerprint density at radius 3 is 2.48 bits per heavy atom. The van der Waals surface area contributed by atoms with E-state index in [0.717, 1.165) is 0 Å². The molecule has 2 N–H and O–H groups in total. The number of benzene rings is 1. The second-order valence-electron chi connectivity index (χ2n) is 6.47. The van der Waals surface area contributed by atoms with Gasteiger partial charge in [-0.2, -0.15) is 13.2 Å². The number of aromatic nitrogens is 1. The van der Waals surface area contributed by atoms with E-state index in [2.05, 4.69) is 15.6 Å². The zero-order valence-electron chi connectivity index (χ0n) is 16.3. The van der Waals surface area contributed by atoms with Crippen molar-refractivity contribution in [2.24, 2.45) is 0 Å². The molecule has 0 spiro atoms. The number of amides is 2. The van der Waals surface area contributed by atoms with E-state index < -0.39 is 12.8 Å². The Bertz CT molecular complexity index is 898. The number of carbonyl (C=O) groups excluding carboxylic acids is 2. The Balaban J connectivity index is 2.02. The molecule has 1 aromatic carbocycles. The van der Waals surface area contributed by atoms with Gasteiger partial charge in [0.2, 0.25) is 5.91 Å². The largest absolute Gasteiger partial charge is 0.484 e. The zero-order chi connectivity index (χ0) is 21.6. The summed E-state index contributed by atoms with van der Waals surface area (Å²) in [6, 6.07) is 7.75. The van der Waals surface area contributed by atoms with Crippen LogP contribution < -0.4 is 15.4 Å². The summed E-state index contributed by atoms with van der Waals surface area (Å²) in [6.45, 7) is 3.87. The third kappa shape index (κ3) is 7.10. The molecule has 0 saturated heterocycles. The van der Waals surface area contributed by atoms with Crippen molar-refractivity contribution in [1.29, 1.82) is 0 Å². The van der Waals surface area contributed by atoms with E-state index in [1.165, 1.54) is 12.1 Å². The van der Waals surface area contributed by atoms with E-state index in [4.69, 9.17) is 4.74 Å². The van der Waals surface area contributed by atoms with Gasteiger partial charge in [-0.25, -0.2) is 4.98 Å². The molecule has 6 nitrogen and oxygen atoms in total. The van der Waals surface area contributed by atoms with Gasteiger partial charge in [0.05, 0.1) is 0 Å². The molecule has 0 aliphatic rings. The van der Waals surface area contributed by atoms with Gasteiger partial charge in [0.25, 0.3) is 5.91 Å². The molecule has 1 aromatic heterocycles. The fourth-order valence-electron chi connectivity index (χ4n) is 2.52. The summed E-state index contributed by atoms with van der Waals surface area (Å²) in [5.41, 5.74) is 2.16. The summed E-state index contributed by atoms with van der Waals surface area (Å²) >= 11 is 0. The third-order valence-electron chi connectivity index (χ3n) is 3.89. The number of hydrogen-bond donors (Lipinski definition) is 2. The fourth-order valence-corrected chi connectivity index (χ4v) is 2.52. The molecule has 0 aliphatic carbocycles. The molecule has 0 atom stereocenters. The number of anilines is 1. The molecule has 2 rings (SSSR count). The highest BCUT2D eigenvalue weighted by molar-refractivity contribution is 5.96. The molecule has 0 fully saturated rings. The first-order valence-corrected chi connectivity index (χ1v) is 8.93. The van der Waals surface area contributed by atoms with Gasteiger partial charge in [-0.05, 0) is 43.2 Å². The Hall–Kier alpha value is -3.10. The Morgan fingerprint density at radius 1 is 1.14 bits per heavy atom. The smallest absolute Gasteiger partial charge is 0.422 e. The van der Waals surface area contributed by atoms with Crippen LogP contribution in [0.25, 0.3) is 0 Å². The minimum Gasteiger partial charge on any atom is -0.484 e. The van der Waals surface area contributed by atoms with E-state index in [1.807, 2.05) is 0 Å². The number of nitrogens with zero attached hydrogens (tertiary/aromatic N) is 1. The summed E-state index contributed by atoms with van der Waals surface area (Å²) in [6.07, 6.45) is -4.11. The summed E-state index contributed by atoms with van der Waals surface area (Å²) < 4.78 is 41.6. The lowest BCUT2D eigenvalue weighted by molar-refractivity contribution is -0.153. The molecule has 156 valence electrons. The van der Waals surface area contributed by atoms with Crippen molar-refractivity contribution in [3.63, 3.8) is 0 Å². The minimum absolute atomic E-state index is 0.137. The van der Waals surface area contributed by atoms with Crippen LogP contribution in [0, 0.1) is 13.8 Å². The Labute approximate surface area is 166 Å². The predicted molar refractivity (Wildman–Crippen MR) is 102 cm³/mol. The van der Waals surface area contributed by atoms with Gasteiger partial charge in [-0.3, -0.25) is 9.59 Å². The van der Waals surface area contributed by atoms with Gasteiger partial charge >= 0.3 is 6.18 Å². The molecule has 2 amide bonds. The van der Waals surface area contributed by atoms with Gasteiger partial charge in [-0.1, -0.05) is 19.1 Å². The molecule has 2 aromatic rings. The standard InChI is InChI=1S/C20H22F3N3O3/c1-4-18(27)26-17-9-15(8-13(3)25-17)19(28)24-10-14-5-6-16(12(2)7-14)29-11-20(21,22)23/h5-9H,4,10-11H2,1-3H3,(H,24,28)(H,25,26,27). The van der Waals surface area contributed by atoms with Crippen LogP contribution in [0.2, 0.25) is 0 Å². The van der Waals surface area contributed by atoms with E-state index in [9.17, 15) is 22.8 Å². The maximum Gasteiger partial charge on any atom is 0.422 e. The summed E-state index contributed by atoms with van der Waals surface area (Å²) in [5, 5.41) is 5.35. The topological polar surface area (TPSA) is 80.3 Å². The number of alkyl halides is 3. The maximum absolute atomic E-state index is 12.4. The van der Waals surface area contributed by atoms with Crippen LogP contribution in [-0.2, 0) is 11.3 Å². The second kappa shape index (κ2) is 9.40. The monoisotopic (exact) mass is 409 g/mol. The first-order valence-electron chi connectivity index (χ1n) is 8.93. The second-order valence-corrected chi connectivity index (χ2v) is 6.47. The summed E-state index contributed by atoms with van der Waals surface area (Å²) in [4.78, 5) is 28.1. The highest BCUT2D eigenvalue weighted by atomic mass is 19.4. The van der Waals surface area contributed by atoms with E-state index in [0.29, 0.717) is 34.6 Å².